The second-order valence-corrected chi connectivity index (χ2v) is 5.13. The fraction of sp³-hybridized carbons (Fsp3) is 0.667. The van der Waals surface area contributed by atoms with E-state index in [0.717, 1.165) is 25.7 Å². The van der Waals surface area contributed by atoms with Crippen molar-refractivity contribution >= 4 is 17.3 Å². The molecule has 6 heteroatoms. The van der Waals surface area contributed by atoms with Gasteiger partial charge in [0.2, 0.25) is 0 Å². The molecule has 100 valence electrons. The molecule has 1 aromatic rings. The van der Waals surface area contributed by atoms with Gasteiger partial charge in [-0.1, -0.05) is 11.6 Å². The van der Waals surface area contributed by atoms with Gasteiger partial charge in [0, 0.05) is 18.6 Å². The van der Waals surface area contributed by atoms with Crippen LogP contribution in [0.4, 0.5) is 5.69 Å². The van der Waals surface area contributed by atoms with Crippen LogP contribution in [0.15, 0.2) is 11.0 Å². The van der Waals surface area contributed by atoms with E-state index in [4.69, 9.17) is 17.3 Å². The van der Waals surface area contributed by atoms with Crippen LogP contribution in [-0.4, -0.2) is 21.9 Å². The molecule has 0 bridgehead atoms. The third kappa shape index (κ3) is 2.84. The largest absolute Gasteiger partial charge is 0.380 e. The fourth-order valence-electron chi connectivity index (χ4n) is 2.27. The highest BCUT2D eigenvalue weighted by molar-refractivity contribution is 6.32. The van der Waals surface area contributed by atoms with Gasteiger partial charge in [-0.3, -0.25) is 4.79 Å². The predicted octanol–water partition coefficient (Wildman–Crippen LogP) is 1.60. The van der Waals surface area contributed by atoms with E-state index in [2.05, 4.69) is 10.4 Å². The zero-order valence-electron chi connectivity index (χ0n) is 10.5. The highest BCUT2D eigenvalue weighted by Gasteiger charge is 2.19. The smallest absolute Gasteiger partial charge is 0.287 e. The van der Waals surface area contributed by atoms with Crippen molar-refractivity contribution < 1.29 is 0 Å². The van der Waals surface area contributed by atoms with E-state index in [1.165, 1.54) is 4.68 Å². The lowest BCUT2D eigenvalue weighted by molar-refractivity contribution is 0.411. The summed E-state index contributed by atoms with van der Waals surface area (Å²) in [4.78, 5) is 11.8. The summed E-state index contributed by atoms with van der Waals surface area (Å²) in [7, 11) is 0. The number of halogens is 1. The Morgan fingerprint density at radius 1 is 1.50 bits per heavy atom. The Labute approximate surface area is 111 Å². The van der Waals surface area contributed by atoms with Crippen LogP contribution in [0.3, 0.4) is 0 Å². The molecule has 1 aliphatic rings. The zero-order chi connectivity index (χ0) is 13.1. The number of nitrogens with two attached hydrogens (primary N) is 1. The Kier molecular flexibility index (Phi) is 4.24. The zero-order valence-corrected chi connectivity index (χ0v) is 11.3. The van der Waals surface area contributed by atoms with Crippen LogP contribution < -0.4 is 16.6 Å². The molecule has 5 nitrogen and oxygen atoms in total. The number of rotatable bonds is 3. The van der Waals surface area contributed by atoms with Gasteiger partial charge >= 0.3 is 0 Å². The highest BCUT2D eigenvalue weighted by atomic mass is 35.5. The van der Waals surface area contributed by atoms with Gasteiger partial charge in [0.25, 0.3) is 5.56 Å². The van der Waals surface area contributed by atoms with Crippen molar-refractivity contribution in [2.45, 2.75) is 51.2 Å². The summed E-state index contributed by atoms with van der Waals surface area (Å²) in [6.07, 6.45) is 5.66. The maximum absolute atomic E-state index is 11.8. The molecule has 0 unspecified atom stereocenters. The van der Waals surface area contributed by atoms with Crippen LogP contribution in [0.1, 0.15) is 32.6 Å². The SMILES string of the molecule is CCn1ncc(NC2CCC(N)CC2)c(Cl)c1=O. The van der Waals surface area contributed by atoms with Crippen LogP contribution in [0.5, 0.6) is 0 Å². The number of nitrogens with one attached hydrogen (secondary N) is 1. The Hall–Kier alpha value is -1.07. The van der Waals surface area contributed by atoms with E-state index in [9.17, 15) is 4.79 Å². The minimum atomic E-state index is -0.239. The van der Waals surface area contributed by atoms with Crippen LogP contribution in [-0.2, 0) is 6.54 Å². The van der Waals surface area contributed by atoms with E-state index >= 15 is 0 Å². The van der Waals surface area contributed by atoms with Gasteiger partial charge in [-0.2, -0.15) is 5.10 Å². The number of hydrogen-bond donors (Lipinski definition) is 2. The van der Waals surface area contributed by atoms with Crippen molar-refractivity contribution in [3.05, 3.63) is 21.6 Å². The minimum absolute atomic E-state index is 0.224. The molecule has 18 heavy (non-hydrogen) atoms. The molecular weight excluding hydrogens is 252 g/mol. The maximum Gasteiger partial charge on any atom is 0.287 e. The van der Waals surface area contributed by atoms with Crippen LogP contribution in [0.2, 0.25) is 5.02 Å². The molecule has 2 rings (SSSR count). The van der Waals surface area contributed by atoms with Crippen LogP contribution in [0, 0.1) is 0 Å². The molecule has 3 N–H and O–H groups in total. The van der Waals surface area contributed by atoms with Gasteiger partial charge in [0.05, 0.1) is 11.9 Å². The third-order valence-electron chi connectivity index (χ3n) is 3.42. The van der Waals surface area contributed by atoms with E-state index in [0.29, 0.717) is 24.3 Å². The molecule has 0 amide bonds. The number of hydrogen-bond acceptors (Lipinski definition) is 4. The number of anilines is 1. The monoisotopic (exact) mass is 270 g/mol. The Bertz CT molecular complexity index is 466. The first-order valence-corrected chi connectivity index (χ1v) is 6.77. The van der Waals surface area contributed by atoms with Crippen molar-refractivity contribution in [2.75, 3.05) is 5.32 Å². The van der Waals surface area contributed by atoms with Gasteiger partial charge in [-0.25, -0.2) is 4.68 Å². The first-order chi connectivity index (χ1) is 8.61. The summed E-state index contributed by atoms with van der Waals surface area (Å²) in [5, 5.41) is 7.59. The standard InChI is InChI=1S/C12H19ClN4O/c1-2-17-12(18)11(13)10(7-15-17)16-9-5-3-8(14)4-6-9/h7-9,16H,2-6,14H2,1H3. The second-order valence-electron chi connectivity index (χ2n) is 4.75. The average Bonchev–Trinajstić information content (AvgIpc) is 2.38. The van der Waals surface area contributed by atoms with E-state index in [1.54, 1.807) is 6.20 Å². The van der Waals surface area contributed by atoms with E-state index in [-0.39, 0.29) is 10.6 Å². The first-order valence-electron chi connectivity index (χ1n) is 6.39. The molecule has 0 radical (unpaired) electrons. The predicted molar refractivity (Wildman–Crippen MR) is 73.0 cm³/mol. The van der Waals surface area contributed by atoms with Gasteiger partial charge < -0.3 is 11.1 Å². The Morgan fingerprint density at radius 3 is 2.78 bits per heavy atom. The quantitative estimate of drug-likeness (QED) is 0.875. The summed E-state index contributed by atoms with van der Waals surface area (Å²) >= 11 is 6.06. The summed E-state index contributed by atoms with van der Waals surface area (Å²) in [5.41, 5.74) is 6.25. The first kappa shape index (κ1) is 13.4. The molecular formula is C12H19ClN4O. The number of nitrogens with zero attached hydrogens (tertiary/aromatic N) is 2. The molecule has 1 heterocycles. The molecule has 0 spiro atoms. The normalized spacial score (nSPS) is 23.9. The molecule has 0 saturated heterocycles. The molecule has 0 aliphatic heterocycles. The summed E-state index contributed by atoms with van der Waals surface area (Å²) in [5.74, 6) is 0. The number of aryl methyl sites for hydroxylation is 1. The lowest BCUT2D eigenvalue weighted by Gasteiger charge is -2.27. The molecule has 0 atom stereocenters. The molecule has 1 fully saturated rings. The summed E-state index contributed by atoms with van der Waals surface area (Å²) in [6, 6.07) is 0.644. The van der Waals surface area contributed by atoms with Crippen molar-refractivity contribution in [1.82, 2.24) is 9.78 Å². The lowest BCUT2D eigenvalue weighted by atomic mass is 9.92. The van der Waals surface area contributed by atoms with E-state index < -0.39 is 0 Å². The topological polar surface area (TPSA) is 72.9 Å². The average molecular weight is 271 g/mol. The van der Waals surface area contributed by atoms with Gasteiger partial charge in [-0.05, 0) is 32.6 Å². The molecule has 1 saturated carbocycles. The van der Waals surface area contributed by atoms with Crippen molar-refractivity contribution in [3.63, 3.8) is 0 Å². The summed E-state index contributed by atoms with van der Waals surface area (Å²) < 4.78 is 1.35. The third-order valence-corrected chi connectivity index (χ3v) is 3.78. The van der Waals surface area contributed by atoms with Crippen LogP contribution >= 0.6 is 11.6 Å². The molecule has 1 aromatic heterocycles. The highest BCUT2D eigenvalue weighted by Crippen LogP contribution is 2.23. The van der Waals surface area contributed by atoms with Gasteiger partial charge in [0.15, 0.2) is 0 Å². The van der Waals surface area contributed by atoms with E-state index in [1.807, 2.05) is 6.92 Å². The molecule has 0 aromatic carbocycles. The lowest BCUT2D eigenvalue weighted by Crippen LogP contribution is -2.33. The second kappa shape index (κ2) is 5.71. The fourth-order valence-corrected chi connectivity index (χ4v) is 2.48. The number of aromatic nitrogens is 2. The minimum Gasteiger partial charge on any atom is -0.380 e. The van der Waals surface area contributed by atoms with Crippen molar-refractivity contribution in [2.24, 2.45) is 5.73 Å². The van der Waals surface area contributed by atoms with Gasteiger partial charge in [0.1, 0.15) is 5.02 Å². The maximum atomic E-state index is 11.8. The Balaban J connectivity index is 2.10. The van der Waals surface area contributed by atoms with Gasteiger partial charge in [-0.15, -0.1) is 0 Å². The molecule has 1 aliphatic carbocycles. The van der Waals surface area contributed by atoms with Crippen LogP contribution in [0.25, 0.3) is 0 Å². The van der Waals surface area contributed by atoms with Crippen molar-refractivity contribution in [3.8, 4) is 0 Å². The Morgan fingerprint density at radius 2 is 2.17 bits per heavy atom. The van der Waals surface area contributed by atoms with Crippen molar-refractivity contribution in [1.29, 1.82) is 0 Å². The summed E-state index contributed by atoms with van der Waals surface area (Å²) in [6.45, 7) is 2.39.